The van der Waals surface area contributed by atoms with Crippen LogP contribution in [0.2, 0.25) is 0 Å². The van der Waals surface area contributed by atoms with E-state index in [1.54, 1.807) is 19.5 Å². The minimum atomic E-state index is 0.660. The van der Waals surface area contributed by atoms with Gasteiger partial charge in [0.2, 0.25) is 5.95 Å². The van der Waals surface area contributed by atoms with Crippen LogP contribution in [0.25, 0.3) is 11.0 Å². The Bertz CT molecular complexity index is 1040. The molecule has 8 nitrogen and oxygen atoms in total. The Hall–Kier alpha value is -2.90. The fourth-order valence-electron chi connectivity index (χ4n) is 4.74. The first-order valence-corrected chi connectivity index (χ1v) is 11.7. The van der Waals surface area contributed by atoms with Gasteiger partial charge in [0.25, 0.3) is 0 Å². The standard InChI is InChI=1S/C24H35N7O/c1-6-30(15-18-10-8-9-11-18)22-19(12-21-17(3)28-29(4)23(21)27-22)16-31(7-2)24-25-13-20(32-5)14-26-24/h12-14,18H,6-11,15-16H2,1-5H3. The largest absolute Gasteiger partial charge is 0.494 e. The van der Waals surface area contributed by atoms with Gasteiger partial charge in [-0.2, -0.15) is 5.10 Å². The molecule has 1 aliphatic rings. The highest BCUT2D eigenvalue weighted by atomic mass is 16.5. The molecule has 0 aromatic carbocycles. The van der Waals surface area contributed by atoms with Crippen molar-refractivity contribution in [2.24, 2.45) is 13.0 Å². The lowest BCUT2D eigenvalue weighted by Gasteiger charge is -2.29. The fraction of sp³-hybridized carbons (Fsp3) is 0.583. The van der Waals surface area contributed by atoms with E-state index < -0.39 is 0 Å². The average Bonchev–Trinajstić information content (AvgIpc) is 3.43. The van der Waals surface area contributed by atoms with E-state index in [9.17, 15) is 0 Å². The van der Waals surface area contributed by atoms with E-state index in [1.165, 1.54) is 31.2 Å². The maximum atomic E-state index is 5.22. The van der Waals surface area contributed by atoms with E-state index in [4.69, 9.17) is 9.72 Å². The van der Waals surface area contributed by atoms with Crippen molar-refractivity contribution < 1.29 is 4.74 Å². The number of anilines is 2. The summed E-state index contributed by atoms with van der Waals surface area (Å²) in [4.78, 5) is 18.8. The molecule has 1 fully saturated rings. The average molecular weight is 438 g/mol. The Kier molecular flexibility index (Phi) is 6.77. The SMILES string of the molecule is CCN(Cc1cc2c(C)nn(C)c2nc1N(CC)CC1CCCC1)c1ncc(OC)cn1. The first-order valence-electron chi connectivity index (χ1n) is 11.7. The van der Waals surface area contributed by atoms with Crippen LogP contribution in [-0.2, 0) is 13.6 Å². The Morgan fingerprint density at radius 3 is 2.41 bits per heavy atom. The van der Waals surface area contributed by atoms with Crippen LogP contribution in [0.3, 0.4) is 0 Å². The third-order valence-electron chi connectivity index (χ3n) is 6.57. The van der Waals surface area contributed by atoms with Crippen LogP contribution < -0.4 is 14.5 Å². The number of methoxy groups -OCH3 is 1. The summed E-state index contributed by atoms with van der Waals surface area (Å²) in [6.45, 7) is 9.89. The summed E-state index contributed by atoms with van der Waals surface area (Å²) in [5, 5.41) is 5.73. The third kappa shape index (κ3) is 4.49. The van der Waals surface area contributed by atoms with Crippen LogP contribution in [-0.4, -0.2) is 51.5 Å². The second kappa shape index (κ2) is 9.71. The molecular formula is C24H35N7O. The molecule has 0 amide bonds. The molecule has 0 atom stereocenters. The lowest BCUT2D eigenvalue weighted by Crippen LogP contribution is -2.32. The number of aromatic nitrogens is 5. The van der Waals surface area contributed by atoms with Crippen LogP contribution >= 0.6 is 0 Å². The van der Waals surface area contributed by atoms with E-state index in [2.05, 4.69) is 44.8 Å². The number of rotatable bonds is 9. The molecule has 4 rings (SSSR count). The zero-order chi connectivity index (χ0) is 22.7. The molecule has 0 unspecified atom stereocenters. The molecule has 3 aromatic rings. The van der Waals surface area contributed by atoms with Crippen molar-refractivity contribution in [3.63, 3.8) is 0 Å². The van der Waals surface area contributed by atoms with E-state index >= 15 is 0 Å². The normalized spacial score (nSPS) is 14.3. The summed E-state index contributed by atoms with van der Waals surface area (Å²) in [5.41, 5.74) is 3.13. The van der Waals surface area contributed by atoms with Crippen LogP contribution in [0.1, 0.15) is 50.8 Å². The molecule has 0 radical (unpaired) electrons. The number of hydrogen-bond acceptors (Lipinski definition) is 7. The first-order chi connectivity index (χ1) is 15.5. The summed E-state index contributed by atoms with van der Waals surface area (Å²) >= 11 is 0. The number of nitrogens with zero attached hydrogens (tertiary/aromatic N) is 7. The highest BCUT2D eigenvalue weighted by molar-refractivity contribution is 5.81. The minimum absolute atomic E-state index is 0.660. The van der Waals surface area contributed by atoms with Crippen LogP contribution in [0, 0.1) is 12.8 Å². The summed E-state index contributed by atoms with van der Waals surface area (Å²) in [7, 11) is 3.60. The van der Waals surface area contributed by atoms with Crippen molar-refractivity contribution in [3.8, 4) is 5.75 Å². The van der Waals surface area contributed by atoms with Gasteiger partial charge in [-0.1, -0.05) is 12.8 Å². The van der Waals surface area contributed by atoms with E-state index in [1.807, 2.05) is 18.7 Å². The van der Waals surface area contributed by atoms with E-state index in [0.29, 0.717) is 18.2 Å². The van der Waals surface area contributed by atoms with Gasteiger partial charge in [0.15, 0.2) is 11.4 Å². The molecule has 0 saturated heterocycles. The molecule has 8 heteroatoms. The van der Waals surface area contributed by atoms with Gasteiger partial charge in [-0.05, 0) is 45.6 Å². The molecule has 0 aliphatic heterocycles. The third-order valence-corrected chi connectivity index (χ3v) is 6.57. The molecule has 3 aromatic heterocycles. The van der Waals surface area contributed by atoms with Crippen molar-refractivity contribution >= 4 is 22.8 Å². The number of fused-ring (bicyclic) bond motifs is 1. The van der Waals surface area contributed by atoms with Crippen LogP contribution in [0.5, 0.6) is 5.75 Å². The van der Waals surface area contributed by atoms with Crippen molar-refractivity contribution in [2.45, 2.75) is 53.0 Å². The van der Waals surface area contributed by atoms with Crippen LogP contribution in [0.4, 0.5) is 11.8 Å². The summed E-state index contributed by atoms with van der Waals surface area (Å²) in [6, 6.07) is 2.27. The van der Waals surface area contributed by atoms with Gasteiger partial charge >= 0.3 is 0 Å². The van der Waals surface area contributed by atoms with E-state index in [0.717, 1.165) is 48.1 Å². The molecule has 0 spiro atoms. The van der Waals surface area contributed by atoms with Gasteiger partial charge in [-0.3, -0.25) is 4.68 Å². The van der Waals surface area contributed by atoms with Crippen LogP contribution in [0.15, 0.2) is 18.5 Å². The predicted molar refractivity (Wildman–Crippen MR) is 128 cm³/mol. The Morgan fingerprint density at radius 1 is 1.09 bits per heavy atom. The Labute approximate surface area is 190 Å². The number of ether oxygens (including phenoxy) is 1. The summed E-state index contributed by atoms with van der Waals surface area (Å²) < 4.78 is 7.12. The molecular weight excluding hydrogens is 402 g/mol. The Morgan fingerprint density at radius 2 is 1.78 bits per heavy atom. The zero-order valence-corrected chi connectivity index (χ0v) is 20.0. The molecule has 1 aliphatic carbocycles. The van der Waals surface area contributed by atoms with E-state index in [-0.39, 0.29) is 0 Å². The first kappa shape index (κ1) is 22.3. The minimum Gasteiger partial charge on any atom is -0.494 e. The predicted octanol–water partition coefficient (Wildman–Crippen LogP) is 4.12. The number of pyridine rings is 1. The van der Waals surface area contributed by atoms with Gasteiger partial charge in [0.05, 0.1) is 25.2 Å². The van der Waals surface area contributed by atoms with Crippen molar-refractivity contribution in [1.29, 1.82) is 0 Å². The van der Waals surface area contributed by atoms with Crippen molar-refractivity contribution in [2.75, 3.05) is 36.5 Å². The molecule has 3 heterocycles. The highest BCUT2D eigenvalue weighted by Gasteiger charge is 2.23. The highest BCUT2D eigenvalue weighted by Crippen LogP contribution is 2.31. The van der Waals surface area contributed by atoms with Crippen molar-refractivity contribution in [1.82, 2.24) is 24.7 Å². The molecule has 0 N–H and O–H groups in total. The monoisotopic (exact) mass is 437 g/mol. The maximum Gasteiger partial charge on any atom is 0.225 e. The summed E-state index contributed by atoms with van der Waals surface area (Å²) in [6.07, 6.45) is 8.77. The zero-order valence-electron chi connectivity index (χ0n) is 20.0. The number of hydrogen-bond donors (Lipinski definition) is 0. The fourth-order valence-corrected chi connectivity index (χ4v) is 4.74. The summed E-state index contributed by atoms with van der Waals surface area (Å²) in [5.74, 6) is 3.16. The molecule has 32 heavy (non-hydrogen) atoms. The second-order valence-corrected chi connectivity index (χ2v) is 8.68. The molecule has 172 valence electrons. The number of aryl methyl sites for hydroxylation is 2. The topological polar surface area (TPSA) is 72.2 Å². The Balaban J connectivity index is 1.72. The molecule has 0 bridgehead atoms. The van der Waals surface area contributed by atoms with Crippen molar-refractivity contribution in [3.05, 3.63) is 29.7 Å². The van der Waals surface area contributed by atoms with Gasteiger partial charge in [0.1, 0.15) is 5.82 Å². The van der Waals surface area contributed by atoms with Gasteiger partial charge < -0.3 is 14.5 Å². The van der Waals surface area contributed by atoms with Gasteiger partial charge in [0, 0.05) is 44.2 Å². The molecule has 1 saturated carbocycles. The lowest BCUT2D eigenvalue weighted by molar-refractivity contribution is 0.410. The lowest BCUT2D eigenvalue weighted by atomic mass is 10.1. The second-order valence-electron chi connectivity index (χ2n) is 8.68. The van der Waals surface area contributed by atoms with Gasteiger partial charge in [-0.15, -0.1) is 0 Å². The maximum absolute atomic E-state index is 5.22. The van der Waals surface area contributed by atoms with Gasteiger partial charge in [-0.25, -0.2) is 15.0 Å². The smallest absolute Gasteiger partial charge is 0.225 e. The quantitative estimate of drug-likeness (QED) is 0.499.